The maximum Gasteiger partial charge on any atom is 0.417 e. The highest BCUT2D eigenvalue weighted by Crippen LogP contribution is 2.32. The fraction of sp³-hybridized carbons (Fsp3) is 0.158. The summed E-state index contributed by atoms with van der Waals surface area (Å²) in [5, 5.41) is 3.78. The van der Waals surface area contributed by atoms with Crippen LogP contribution < -0.4 is 0 Å². The van der Waals surface area contributed by atoms with E-state index < -0.39 is 23.3 Å². The minimum Gasteiger partial charge on any atom is -0.455 e. The quantitative estimate of drug-likeness (QED) is 0.612. The van der Waals surface area contributed by atoms with Crippen LogP contribution in [0.15, 0.2) is 59.1 Å². The number of aromatic nitrogens is 1. The van der Waals surface area contributed by atoms with Crippen LogP contribution >= 0.6 is 0 Å². The molecule has 0 aliphatic rings. The van der Waals surface area contributed by atoms with Gasteiger partial charge in [-0.3, -0.25) is 0 Å². The van der Waals surface area contributed by atoms with Crippen molar-refractivity contribution in [3.05, 3.63) is 77.0 Å². The van der Waals surface area contributed by atoms with Crippen molar-refractivity contribution < 1.29 is 27.2 Å². The second-order valence-electron chi connectivity index (χ2n) is 5.67. The number of carbonyl (C=O) groups is 1. The molecule has 0 unspecified atom stereocenters. The van der Waals surface area contributed by atoms with Crippen LogP contribution in [-0.2, 0) is 17.5 Å². The number of rotatable bonds is 4. The molecule has 0 radical (unpaired) electrons. The molecule has 0 atom stereocenters. The zero-order valence-corrected chi connectivity index (χ0v) is 13.7. The predicted octanol–water partition coefficient (Wildman–Crippen LogP) is 5.03. The number of ether oxygens (including phenoxy) is 1. The van der Waals surface area contributed by atoms with E-state index in [0.29, 0.717) is 11.5 Å². The first-order chi connectivity index (χ1) is 12.3. The number of aryl methyl sites for hydroxylation is 1. The number of alkyl halides is 3. The molecule has 1 heterocycles. The smallest absolute Gasteiger partial charge is 0.417 e. The van der Waals surface area contributed by atoms with E-state index in [1.165, 1.54) is 12.1 Å². The number of esters is 1. The summed E-state index contributed by atoms with van der Waals surface area (Å²) >= 11 is 0. The summed E-state index contributed by atoms with van der Waals surface area (Å²) in [6.45, 7) is 1.66. The van der Waals surface area contributed by atoms with Crippen LogP contribution in [0.1, 0.15) is 27.2 Å². The number of benzene rings is 2. The Kier molecular flexibility index (Phi) is 4.79. The Balaban J connectivity index is 1.70. The maximum absolute atomic E-state index is 13.0. The summed E-state index contributed by atoms with van der Waals surface area (Å²) in [7, 11) is 0. The lowest BCUT2D eigenvalue weighted by Crippen LogP contribution is -2.15. The number of nitrogens with zero attached hydrogens (tertiary/aromatic N) is 1. The molecule has 3 rings (SSSR count). The van der Waals surface area contributed by atoms with E-state index in [4.69, 9.17) is 9.26 Å². The summed E-state index contributed by atoms with van der Waals surface area (Å²) in [6, 6.07) is 13.6. The molecule has 0 amide bonds. The molecule has 0 aliphatic heterocycles. The molecule has 0 bridgehead atoms. The van der Waals surface area contributed by atoms with Crippen LogP contribution in [0.2, 0.25) is 0 Å². The summed E-state index contributed by atoms with van der Waals surface area (Å²) in [5.41, 5.74) is 0.611. The molecule has 134 valence electrons. The molecular weight excluding hydrogens is 347 g/mol. The van der Waals surface area contributed by atoms with Crippen LogP contribution in [0.3, 0.4) is 0 Å². The van der Waals surface area contributed by atoms with Crippen molar-refractivity contribution in [1.82, 2.24) is 5.16 Å². The van der Waals surface area contributed by atoms with Gasteiger partial charge in [0, 0.05) is 11.6 Å². The van der Waals surface area contributed by atoms with Crippen LogP contribution in [0.4, 0.5) is 13.2 Å². The molecule has 26 heavy (non-hydrogen) atoms. The average Bonchev–Trinajstić information content (AvgIpc) is 3.08. The average molecular weight is 361 g/mol. The normalized spacial score (nSPS) is 11.4. The van der Waals surface area contributed by atoms with E-state index in [2.05, 4.69) is 5.16 Å². The first kappa shape index (κ1) is 17.7. The number of hydrogen-bond acceptors (Lipinski definition) is 4. The number of carbonyl (C=O) groups excluding carboxylic acids is 1. The van der Waals surface area contributed by atoms with Gasteiger partial charge < -0.3 is 9.26 Å². The Morgan fingerprint density at radius 1 is 1.12 bits per heavy atom. The van der Waals surface area contributed by atoms with Crippen molar-refractivity contribution in [3.63, 3.8) is 0 Å². The van der Waals surface area contributed by atoms with Gasteiger partial charge >= 0.3 is 12.1 Å². The summed E-state index contributed by atoms with van der Waals surface area (Å²) < 4.78 is 49.0. The third kappa shape index (κ3) is 3.93. The van der Waals surface area contributed by atoms with Gasteiger partial charge in [0.25, 0.3) is 0 Å². The molecule has 0 saturated carbocycles. The van der Waals surface area contributed by atoms with Crippen molar-refractivity contribution in [1.29, 1.82) is 0 Å². The zero-order valence-electron chi connectivity index (χ0n) is 13.7. The minimum absolute atomic E-state index is 0.291. The predicted molar refractivity (Wildman–Crippen MR) is 87.2 cm³/mol. The third-order valence-electron chi connectivity index (χ3n) is 3.70. The lowest BCUT2D eigenvalue weighted by atomic mass is 10.1. The van der Waals surface area contributed by atoms with E-state index in [0.717, 1.165) is 23.3 Å². The Morgan fingerprint density at radius 3 is 2.50 bits per heavy atom. The summed E-state index contributed by atoms with van der Waals surface area (Å²) in [6.07, 6.45) is -4.64. The highest BCUT2D eigenvalue weighted by Gasteiger charge is 2.35. The largest absolute Gasteiger partial charge is 0.455 e. The Morgan fingerprint density at radius 2 is 1.81 bits per heavy atom. The van der Waals surface area contributed by atoms with Gasteiger partial charge in [-0.05, 0) is 19.1 Å². The summed E-state index contributed by atoms with van der Waals surface area (Å²) in [5.74, 6) is -0.593. The molecule has 7 heteroatoms. The zero-order chi connectivity index (χ0) is 18.7. The number of halogens is 3. The van der Waals surface area contributed by atoms with Gasteiger partial charge in [-0.1, -0.05) is 47.1 Å². The van der Waals surface area contributed by atoms with Crippen LogP contribution in [0, 0.1) is 6.92 Å². The van der Waals surface area contributed by atoms with Gasteiger partial charge in [0.2, 0.25) is 0 Å². The Bertz CT molecular complexity index is 914. The molecule has 0 spiro atoms. The Labute approximate surface area is 147 Å². The fourth-order valence-corrected chi connectivity index (χ4v) is 2.36. The molecule has 4 nitrogen and oxygen atoms in total. The van der Waals surface area contributed by atoms with Crippen molar-refractivity contribution in [2.45, 2.75) is 19.7 Å². The standard InChI is InChI=1S/C19H14F3NO3/c1-12-6-8-13(9-7-12)17-10-14(23-26-17)11-25-18(24)15-4-2-3-5-16(15)19(20,21)22/h2-10H,11H2,1H3. The van der Waals surface area contributed by atoms with Crippen molar-refractivity contribution in [3.8, 4) is 11.3 Å². The summed E-state index contributed by atoms with van der Waals surface area (Å²) in [4.78, 5) is 12.0. The lowest BCUT2D eigenvalue weighted by molar-refractivity contribution is -0.138. The first-order valence-electron chi connectivity index (χ1n) is 7.70. The van der Waals surface area contributed by atoms with Gasteiger partial charge in [0.1, 0.15) is 12.3 Å². The fourth-order valence-electron chi connectivity index (χ4n) is 2.36. The van der Waals surface area contributed by atoms with E-state index in [9.17, 15) is 18.0 Å². The maximum atomic E-state index is 13.0. The lowest BCUT2D eigenvalue weighted by Gasteiger charge is -2.11. The van der Waals surface area contributed by atoms with Gasteiger partial charge in [-0.15, -0.1) is 0 Å². The van der Waals surface area contributed by atoms with Crippen molar-refractivity contribution >= 4 is 5.97 Å². The molecule has 1 aromatic heterocycles. The minimum atomic E-state index is -4.64. The SMILES string of the molecule is Cc1ccc(-c2cc(COC(=O)c3ccccc3C(F)(F)F)no2)cc1. The van der Waals surface area contributed by atoms with E-state index in [-0.39, 0.29) is 6.61 Å². The highest BCUT2D eigenvalue weighted by atomic mass is 19.4. The van der Waals surface area contributed by atoms with Gasteiger partial charge in [-0.2, -0.15) is 13.2 Å². The van der Waals surface area contributed by atoms with Crippen LogP contribution in [0.5, 0.6) is 0 Å². The molecule has 0 saturated heterocycles. The highest BCUT2D eigenvalue weighted by molar-refractivity contribution is 5.91. The van der Waals surface area contributed by atoms with E-state index in [1.807, 2.05) is 31.2 Å². The first-order valence-corrected chi connectivity index (χ1v) is 7.70. The topological polar surface area (TPSA) is 52.3 Å². The van der Waals surface area contributed by atoms with Crippen LogP contribution in [0.25, 0.3) is 11.3 Å². The monoisotopic (exact) mass is 361 g/mol. The van der Waals surface area contributed by atoms with Crippen molar-refractivity contribution in [2.75, 3.05) is 0 Å². The molecule has 0 fully saturated rings. The van der Waals surface area contributed by atoms with E-state index in [1.54, 1.807) is 6.07 Å². The van der Waals surface area contributed by atoms with Gasteiger partial charge in [0.05, 0.1) is 11.1 Å². The van der Waals surface area contributed by atoms with Gasteiger partial charge in [-0.25, -0.2) is 4.79 Å². The van der Waals surface area contributed by atoms with E-state index >= 15 is 0 Å². The molecule has 0 aliphatic carbocycles. The third-order valence-corrected chi connectivity index (χ3v) is 3.70. The second-order valence-corrected chi connectivity index (χ2v) is 5.67. The number of hydrogen-bond donors (Lipinski definition) is 0. The van der Waals surface area contributed by atoms with Crippen LogP contribution in [-0.4, -0.2) is 11.1 Å². The second kappa shape index (κ2) is 7.03. The van der Waals surface area contributed by atoms with Gasteiger partial charge in [0.15, 0.2) is 5.76 Å². The molecule has 3 aromatic rings. The van der Waals surface area contributed by atoms with Crippen molar-refractivity contribution in [2.24, 2.45) is 0 Å². The molecule has 0 N–H and O–H groups in total. The molecular formula is C19H14F3NO3. The Hall–Kier alpha value is -3.09. The molecule has 2 aromatic carbocycles.